The topological polar surface area (TPSA) is 109 Å². The van der Waals surface area contributed by atoms with Crippen LogP contribution >= 0.6 is 0 Å². The maximum atomic E-state index is 11.6. The molecule has 3 N–H and O–H groups in total. The molecule has 0 aliphatic carbocycles. The van der Waals surface area contributed by atoms with Gasteiger partial charge in [-0.15, -0.1) is 0 Å². The number of carbonyl (C=O) groups excluding carboxylic acids is 2. The molecule has 7 nitrogen and oxygen atoms in total. The van der Waals surface area contributed by atoms with Crippen LogP contribution in [0.5, 0.6) is 0 Å². The Bertz CT molecular complexity index is 455. The first-order valence-electron chi connectivity index (χ1n) is 6.38. The zero-order chi connectivity index (χ0) is 15.0. The van der Waals surface area contributed by atoms with Crippen LogP contribution in [0, 0.1) is 0 Å². The summed E-state index contributed by atoms with van der Waals surface area (Å²) in [7, 11) is 0. The molecule has 0 spiro atoms. The Hall–Kier alpha value is -2.31. The van der Waals surface area contributed by atoms with Crippen LogP contribution in [0.4, 0.5) is 0 Å². The molecule has 1 rings (SSSR count). The minimum atomic E-state index is -1.08. The van der Waals surface area contributed by atoms with Crippen molar-refractivity contribution in [3.63, 3.8) is 0 Å². The van der Waals surface area contributed by atoms with Gasteiger partial charge in [0.15, 0.2) is 5.76 Å². The van der Waals surface area contributed by atoms with Crippen LogP contribution in [0.3, 0.4) is 0 Å². The van der Waals surface area contributed by atoms with Crippen LogP contribution in [0.2, 0.25) is 0 Å². The van der Waals surface area contributed by atoms with Crippen molar-refractivity contribution >= 4 is 17.8 Å². The smallest absolute Gasteiger partial charge is 0.326 e. The number of carboxylic acid groups (broad SMARTS) is 1. The van der Waals surface area contributed by atoms with Crippen LogP contribution in [-0.2, 0) is 9.59 Å². The van der Waals surface area contributed by atoms with Crippen molar-refractivity contribution in [3.8, 4) is 0 Å². The molecule has 1 atom stereocenters. The highest BCUT2D eigenvalue weighted by Crippen LogP contribution is 2.01. The third kappa shape index (κ3) is 5.13. The van der Waals surface area contributed by atoms with E-state index in [1.165, 1.54) is 12.3 Å². The minimum absolute atomic E-state index is 0.0959. The van der Waals surface area contributed by atoms with E-state index >= 15 is 0 Å². The Morgan fingerprint density at radius 3 is 2.70 bits per heavy atom. The summed E-state index contributed by atoms with van der Waals surface area (Å²) in [6, 6.07) is 2.09. The minimum Gasteiger partial charge on any atom is -0.480 e. The molecule has 1 unspecified atom stereocenters. The fourth-order valence-electron chi connectivity index (χ4n) is 1.57. The Morgan fingerprint density at radius 2 is 2.15 bits per heavy atom. The van der Waals surface area contributed by atoms with Gasteiger partial charge in [0.05, 0.1) is 12.8 Å². The van der Waals surface area contributed by atoms with Crippen molar-refractivity contribution in [1.82, 2.24) is 10.6 Å². The van der Waals surface area contributed by atoms with Gasteiger partial charge < -0.3 is 20.2 Å². The maximum Gasteiger partial charge on any atom is 0.326 e. The van der Waals surface area contributed by atoms with Crippen LogP contribution < -0.4 is 10.6 Å². The molecule has 1 aromatic heterocycles. The van der Waals surface area contributed by atoms with Crippen LogP contribution in [0.25, 0.3) is 0 Å². The Labute approximate surface area is 116 Å². The molecule has 0 saturated carbocycles. The normalized spacial score (nSPS) is 11.7. The molecule has 0 saturated heterocycles. The van der Waals surface area contributed by atoms with E-state index in [1.807, 2.05) is 6.92 Å². The van der Waals surface area contributed by atoms with Crippen molar-refractivity contribution in [1.29, 1.82) is 0 Å². The maximum absolute atomic E-state index is 11.6. The molecular weight excluding hydrogens is 264 g/mol. The van der Waals surface area contributed by atoms with E-state index in [0.29, 0.717) is 12.8 Å². The third-order valence-corrected chi connectivity index (χ3v) is 2.63. The van der Waals surface area contributed by atoms with Gasteiger partial charge in [-0.05, 0) is 18.6 Å². The Morgan fingerprint density at radius 1 is 1.40 bits per heavy atom. The van der Waals surface area contributed by atoms with Gasteiger partial charge in [0.1, 0.15) is 6.04 Å². The number of rotatable bonds is 8. The fourth-order valence-corrected chi connectivity index (χ4v) is 1.57. The highest BCUT2D eigenvalue weighted by Gasteiger charge is 2.19. The van der Waals surface area contributed by atoms with Gasteiger partial charge >= 0.3 is 5.97 Å². The molecule has 7 heteroatoms. The molecule has 1 aromatic rings. The zero-order valence-corrected chi connectivity index (χ0v) is 11.2. The average molecular weight is 282 g/mol. The first-order chi connectivity index (χ1) is 9.54. The predicted molar refractivity (Wildman–Crippen MR) is 70.1 cm³/mol. The number of nitrogens with one attached hydrogen (secondary N) is 2. The summed E-state index contributed by atoms with van der Waals surface area (Å²) in [4.78, 5) is 34.0. The van der Waals surface area contributed by atoms with Gasteiger partial charge in [-0.2, -0.15) is 0 Å². The third-order valence-electron chi connectivity index (χ3n) is 2.63. The number of amides is 2. The second-order valence-electron chi connectivity index (χ2n) is 4.26. The lowest BCUT2D eigenvalue weighted by Gasteiger charge is -2.14. The number of furan rings is 1. The highest BCUT2D eigenvalue weighted by atomic mass is 16.4. The van der Waals surface area contributed by atoms with Crippen LogP contribution in [0.1, 0.15) is 36.7 Å². The zero-order valence-electron chi connectivity index (χ0n) is 11.2. The number of aliphatic carboxylic acids is 1. The molecule has 20 heavy (non-hydrogen) atoms. The van der Waals surface area contributed by atoms with E-state index in [1.54, 1.807) is 6.07 Å². The lowest BCUT2D eigenvalue weighted by Crippen LogP contribution is -2.45. The standard InChI is InChI=1S/C13H18N2O5/c1-2-3-5-9(13(18)19)15-11(16)8-14-12(17)10-6-4-7-20-10/h4,6-7,9H,2-3,5,8H2,1H3,(H,14,17)(H,15,16)(H,18,19). The Balaban J connectivity index is 2.38. The van der Waals surface area contributed by atoms with Gasteiger partial charge in [0, 0.05) is 0 Å². The quantitative estimate of drug-likeness (QED) is 0.652. The van der Waals surface area contributed by atoms with Gasteiger partial charge in [0.25, 0.3) is 5.91 Å². The SMILES string of the molecule is CCCCC(NC(=O)CNC(=O)c1ccco1)C(=O)O. The van der Waals surface area contributed by atoms with E-state index in [-0.39, 0.29) is 12.3 Å². The predicted octanol–water partition coefficient (Wildman–Crippen LogP) is 0.769. The van der Waals surface area contributed by atoms with Gasteiger partial charge in [-0.1, -0.05) is 19.8 Å². The molecule has 1 heterocycles. The molecule has 0 aromatic carbocycles. The molecule has 0 bridgehead atoms. The monoisotopic (exact) mass is 282 g/mol. The van der Waals surface area contributed by atoms with E-state index in [4.69, 9.17) is 9.52 Å². The van der Waals surface area contributed by atoms with Crippen molar-refractivity contribution < 1.29 is 23.9 Å². The number of hydrogen-bond donors (Lipinski definition) is 3. The summed E-state index contributed by atoms with van der Waals surface area (Å²) >= 11 is 0. The highest BCUT2D eigenvalue weighted by molar-refractivity contribution is 5.94. The summed E-state index contributed by atoms with van der Waals surface area (Å²) < 4.78 is 4.86. The number of hydrogen-bond acceptors (Lipinski definition) is 4. The number of carboxylic acids is 1. The second kappa shape index (κ2) is 7.98. The fraction of sp³-hybridized carbons (Fsp3) is 0.462. The van der Waals surface area contributed by atoms with Gasteiger partial charge in [0.2, 0.25) is 5.91 Å². The second-order valence-corrected chi connectivity index (χ2v) is 4.26. The molecule has 0 aliphatic heterocycles. The molecule has 2 amide bonds. The molecule has 0 fully saturated rings. The van der Waals surface area contributed by atoms with E-state index in [9.17, 15) is 14.4 Å². The molecule has 0 aliphatic rings. The van der Waals surface area contributed by atoms with Crippen molar-refractivity contribution in [3.05, 3.63) is 24.2 Å². The van der Waals surface area contributed by atoms with E-state index in [0.717, 1.165) is 6.42 Å². The van der Waals surface area contributed by atoms with E-state index in [2.05, 4.69) is 10.6 Å². The molecule has 0 radical (unpaired) electrons. The van der Waals surface area contributed by atoms with E-state index < -0.39 is 23.8 Å². The van der Waals surface area contributed by atoms with Crippen LogP contribution in [0.15, 0.2) is 22.8 Å². The van der Waals surface area contributed by atoms with Gasteiger partial charge in [-0.25, -0.2) is 4.79 Å². The van der Waals surface area contributed by atoms with Crippen LogP contribution in [-0.4, -0.2) is 35.5 Å². The largest absolute Gasteiger partial charge is 0.480 e. The molecular formula is C13H18N2O5. The lowest BCUT2D eigenvalue weighted by molar-refractivity contribution is -0.141. The first-order valence-corrected chi connectivity index (χ1v) is 6.38. The lowest BCUT2D eigenvalue weighted by atomic mass is 10.1. The summed E-state index contributed by atoms with van der Waals surface area (Å²) in [6.07, 6.45) is 3.26. The summed E-state index contributed by atoms with van der Waals surface area (Å²) in [6.45, 7) is 1.64. The average Bonchev–Trinajstić information content (AvgIpc) is 2.94. The van der Waals surface area contributed by atoms with Crippen molar-refractivity contribution in [2.75, 3.05) is 6.54 Å². The summed E-state index contributed by atoms with van der Waals surface area (Å²) in [5, 5.41) is 13.7. The summed E-state index contributed by atoms with van der Waals surface area (Å²) in [5.41, 5.74) is 0. The van der Waals surface area contributed by atoms with Gasteiger partial charge in [-0.3, -0.25) is 9.59 Å². The van der Waals surface area contributed by atoms with Crippen molar-refractivity contribution in [2.24, 2.45) is 0 Å². The number of unbranched alkanes of at least 4 members (excludes halogenated alkanes) is 1. The first kappa shape index (κ1) is 15.7. The Kier molecular flexibility index (Phi) is 6.28. The van der Waals surface area contributed by atoms with Crippen molar-refractivity contribution in [2.45, 2.75) is 32.2 Å². The molecule has 110 valence electrons. The number of carbonyl (C=O) groups is 3. The summed E-state index contributed by atoms with van der Waals surface area (Å²) in [5.74, 6) is -2.05.